The molecule has 0 atom stereocenters. The van der Waals surface area contributed by atoms with Gasteiger partial charge in [-0.2, -0.15) is 0 Å². The van der Waals surface area contributed by atoms with Gasteiger partial charge in [-0.05, 0) is 43.7 Å². The Hall–Kier alpha value is -2.95. The molecule has 2 heterocycles. The summed E-state index contributed by atoms with van der Waals surface area (Å²) in [4.78, 5) is 20.3. The summed E-state index contributed by atoms with van der Waals surface area (Å²) in [5.74, 6) is 0.800. The normalized spacial score (nSPS) is 10.5. The van der Waals surface area contributed by atoms with E-state index in [2.05, 4.69) is 9.97 Å². The number of rotatable bonds is 4. The Kier molecular flexibility index (Phi) is 4.19. The first-order chi connectivity index (χ1) is 11.2. The molecule has 1 aromatic carbocycles. The molecule has 5 heteroatoms. The van der Waals surface area contributed by atoms with Crippen molar-refractivity contribution in [2.45, 2.75) is 13.8 Å². The molecule has 0 fully saturated rings. The Balaban J connectivity index is 2.08. The van der Waals surface area contributed by atoms with E-state index in [1.807, 2.05) is 38.2 Å². The minimum atomic E-state index is -0.0853. The summed E-state index contributed by atoms with van der Waals surface area (Å²) in [6, 6.07) is 9.03. The Morgan fingerprint density at radius 1 is 1.09 bits per heavy atom. The van der Waals surface area contributed by atoms with Crippen LogP contribution in [0.2, 0.25) is 0 Å². The van der Waals surface area contributed by atoms with Crippen LogP contribution in [0.1, 0.15) is 12.5 Å². The van der Waals surface area contributed by atoms with Crippen LogP contribution in [0.15, 0.2) is 60.0 Å². The molecule has 0 saturated heterocycles. The molecular formula is C18H17N3O2. The molecule has 3 aromatic rings. The first kappa shape index (κ1) is 15.0. The number of ether oxygens (including phenoxy) is 1. The molecule has 23 heavy (non-hydrogen) atoms. The van der Waals surface area contributed by atoms with Crippen molar-refractivity contribution in [2.75, 3.05) is 6.61 Å². The fraction of sp³-hybridized carbons (Fsp3) is 0.167. The van der Waals surface area contributed by atoms with Gasteiger partial charge in [-0.3, -0.25) is 9.36 Å². The molecule has 0 aliphatic heterocycles. The zero-order valence-electron chi connectivity index (χ0n) is 13.1. The van der Waals surface area contributed by atoms with Gasteiger partial charge in [0.05, 0.1) is 12.3 Å². The summed E-state index contributed by atoms with van der Waals surface area (Å²) in [5, 5.41) is 0. The lowest BCUT2D eigenvalue weighted by Crippen LogP contribution is -2.17. The third kappa shape index (κ3) is 3.13. The van der Waals surface area contributed by atoms with Crippen molar-refractivity contribution in [1.82, 2.24) is 14.5 Å². The van der Waals surface area contributed by atoms with Crippen molar-refractivity contribution < 1.29 is 4.74 Å². The van der Waals surface area contributed by atoms with Gasteiger partial charge in [0.2, 0.25) is 0 Å². The Morgan fingerprint density at radius 3 is 2.57 bits per heavy atom. The molecule has 0 aliphatic rings. The van der Waals surface area contributed by atoms with E-state index in [-0.39, 0.29) is 5.56 Å². The van der Waals surface area contributed by atoms with Crippen LogP contribution in [0.5, 0.6) is 5.75 Å². The summed E-state index contributed by atoms with van der Waals surface area (Å²) in [6.07, 6.45) is 6.74. The van der Waals surface area contributed by atoms with E-state index in [0.29, 0.717) is 6.61 Å². The number of hydrogen-bond acceptors (Lipinski definition) is 4. The lowest BCUT2D eigenvalue weighted by molar-refractivity contribution is 0.340. The van der Waals surface area contributed by atoms with Crippen LogP contribution < -0.4 is 10.3 Å². The topological polar surface area (TPSA) is 57.0 Å². The molecule has 0 spiro atoms. The van der Waals surface area contributed by atoms with Crippen molar-refractivity contribution in [3.05, 3.63) is 71.2 Å². The highest BCUT2D eigenvalue weighted by atomic mass is 16.5. The van der Waals surface area contributed by atoms with Crippen molar-refractivity contribution in [3.8, 4) is 22.6 Å². The minimum Gasteiger partial charge on any atom is -0.494 e. The fourth-order valence-electron chi connectivity index (χ4n) is 2.45. The molecule has 0 N–H and O–H groups in total. The maximum absolute atomic E-state index is 12.3. The lowest BCUT2D eigenvalue weighted by atomic mass is 10.1. The second-order valence-electron chi connectivity index (χ2n) is 5.13. The first-order valence-electron chi connectivity index (χ1n) is 7.41. The SMILES string of the molecule is CCOc1ccc(-n2cc(-c3cncnc3)ccc2=O)c(C)c1. The summed E-state index contributed by atoms with van der Waals surface area (Å²) in [5.41, 5.74) is 3.47. The van der Waals surface area contributed by atoms with Crippen LogP contribution in [-0.4, -0.2) is 21.1 Å². The van der Waals surface area contributed by atoms with Gasteiger partial charge in [0.1, 0.15) is 12.1 Å². The molecule has 0 amide bonds. The van der Waals surface area contributed by atoms with Gasteiger partial charge < -0.3 is 4.74 Å². The summed E-state index contributed by atoms with van der Waals surface area (Å²) in [6.45, 7) is 4.52. The van der Waals surface area contributed by atoms with Gasteiger partial charge in [-0.25, -0.2) is 9.97 Å². The number of aryl methyl sites for hydroxylation is 1. The second kappa shape index (κ2) is 6.44. The van der Waals surface area contributed by atoms with Gasteiger partial charge in [-0.1, -0.05) is 0 Å². The van der Waals surface area contributed by atoms with Gasteiger partial charge in [-0.15, -0.1) is 0 Å². The van der Waals surface area contributed by atoms with Crippen LogP contribution in [0.25, 0.3) is 16.8 Å². The van der Waals surface area contributed by atoms with Crippen LogP contribution in [0.4, 0.5) is 0 Å². The first-order valence-corrected chi connectivity index (χ1v) is 7.41. The van der Waals surface area contributed by atoms with Crippen molar-refractivity contribution in [2.24, 2.45) is 0 Å². The van der Waals surface area contributed by atoms with Crippen molar-refractivity contribution in [1.29, 1.82) is 0 Å². The van der Waals surface area contributed by atoms with Gasteiger partial charge >= 0.3 is 0 Å². The summed E-state index contributed by atoms with van der Waals surface area (Å²) in [7, 11) is 0. The van der Waals surface area contributed by atoms with Crippen LogP contribution in [0, 0.1) is 6.92 Å². The number of nitrogens with zero attached hydrogens (tertiary/aromatic N) is 3. The van der Waals surface area contributed by atoms with Crippen molar-refractivity contribution >= 4 is 0 Å². The second-order valence-corrected chi connectivity index (χ2v) is 5.13. The number of hydrogen-bond donors (Lipinski definition) is 0. The van der Waals surface area contributed by atoms with E-state index >= 15 is 0 Å². The van der Waals surface area contributed by atoms with Crippen LogP contribution in [-0.2, 0) is 0 Å². The molecule has 5 nitrogen and oxygen atoms in total. The maximum atomic E-state index is 12.3. The quantitative estimate of drug-likeness (QED) is 0.743. The van der Waals surface area contributed by atoms with Crippen molar-refractivity contribution in [3.63, 3.8) is 0 Å². The van der Waals surface area contributed by atoms with E-state index in [0.717, 1.165) is 28.1 Å². The summed E-state index contributed by atoms with van der Waals surface area (Å²) < 4.78 is 7.13. The molecule has 116 valence electrons. The number of aromatic nitrogens is 3. The largest absolute Gasteiger partial charge is 0.494 e. The van der Waals surface area contributed by atoms with Gasteiger partial charge in [0.15, 0.2) is 0 Å². The standard InChI is InChI=1S/C18H17N3O2/c1-3-23-16-5-6-17(13(2)8-16)21-11-14(4-7-18(21)22)15-9-19-12-20-10-15/h4-12H,3H2,1-2H3. The van der Waals surface area contributed by atoms with Crippen LogP contribution >= 0.6 is 0 Å². The number of benzene rings is 1. The molecule has 0 radical (unpaired) electrons. The van der Waals surface area contributed by atoms with Crippen LogP contribution in [0.3, 0.4) is 0 Å². The molecule has 3 rings (SSSR count). The minimum absolute atomic E-state index is 0.0853. The molecule has 0 saturated carbocycles. The van der Waals surface area contributed by atoms with Gasteiger partial charge in [0, 0.05) is 35.8 Å². The van der Waals surface area contributed by atoms with E-state index in [4.69, 9.17) is 4.74 Å². The smallest absolute Gasteiger partial charge is 0.255 e. The van der Waals surface area contributed by atoms with E-state index in [9.17, 15) is 4.79 Å². The van der Waals surface area contributed by atoms with E-state index in [1.54, 1.807) is 29.1 Å². The highest BCUT2D eigenvalue weighted by molar-refractivity contribution is 5.61. The molecule has 0 aliphatic carbocycles. The third-order valence-electron chi connectivity index (χ3n) is 3.54. The predicted molar refractivity (Wildman–Crippen MR) is 89.0 cm³/mol. The molecule has 0 bridgehead atoms. The Labute approximate surface area is 134 Å². The Morgan fingerprint density at radius 2 is 1.87 bits per heavy atom. The monoisotopic (exact) mass is 307 g/mol. The highest BCUT2D eigenvalue weighted by Gasteiger charge is 2.07. The van der Waals surface area contributed by atoms with E-state index < -0.39 is 0 Å². The van der Waals surface area contributed by atoms with Gasteiger partial charge in [0.25, 0.3) is 5.56 Å². The average molecular weight is 307 g/mol. The molecule has 0 unspecified atom stereocenters. The zero-order valence-corrected chi connectivity index (χ0v) is 13.1. The lowest BCUT2D eigenvalue weighted by Gasteiger charge is -2.12. The fourth-order valence-corrected chi connectivity index (χ4v) is 2.45. The average Bonchev–Trinajstić information content (AvgIpc) is 2.57. The highest BCUT2D eigenvalue weighted by Crippen LogP contribution is 2.22. The third-order valence-corrected chi connectivity index (χ3v) is 3.54. The molecular weight excluding hydrogens is 290 g/mol. The zero-order chi connectivity index (χ0) is 16.2. The maximum Gasteiger partial charge on any atom is 0.255 e. The van der Waals surface area contributed by atoms with E-state index in [1.165, 1.54) is 6.33 Å². The molecule has 2 aromatic heterocycles. The predicted octanol–water partition coefficient (Wildman–Crippen LogP) is 3.00. The Bertz CT molecular complexity index is 873. The number of pyridine rings is 1. The summed E-state index contributed by atoms with van der Waals surface area (Å²) >= 11 is 0.